The van der Waals surface area contributed by atoms with E-state index in [-0.39, 0.29) is 0 Å². The molecular weight excluding hydrogens is 386 g/mol. The van der Waals surface area contributed by atoms with Crippen LogP contribution >= 0.6 is 0 Å². The van der Waals surface area contributed by atoms with Crippen LogP contribution in [0.3, 0.4) is 0 Å². The number of hydrogen-bond donors (Lipinski definition) is 0. The van der Waals surface area contributed by atoms with Crippen molar-refractivity contribution in [2.24, 2.45) is 10.9 Å². The molecule has 0 N–H and O–H groups in total. The molecule has 3 aromatic rings. The lowest BCUT2D eigenvalue weighted by atomic mass is 10.1. The molecule has 172 valence electrons. The minimum absolute atomic E-state index is 0.721. The van der Waals surface area contributed by atoms with Gasteiger partial charge in [0.25, 0.3) is 0 Å². The van der Waals surface area contributed by atoms with Crippen LogP contribution in [0.15, 0.2) is 36.0 Å². The summed E-state index contributed by atoms with van der Waals surface area (Å²) < 4.78 is 4.28. The average Bonchev–Trinajstić information content (AvgIpc) is 3.39. The van der Waals surface area contributed by atoms with Gasteiger partial charge in [-0.2, -0.15) is 0 Å². The Morgan fingerprint density at radius 3 is 2.35 bits per heavy atom. The van der Waals surface area contributed by atoms with E-state index in [2.05, 4.69) is 49.8 Å². The van der Waals surface area contributed by atoms with Gasteiger partial charge in [-0.1, -0.05) is 48.5 Å². The molecule has 1 aliphatic rings. The Balaban J connectivity index is 0.000000272. The molecule has 0 saturated carbocycles. The molecule has 31 heavy (non-hydrogen) atoms. The predicted molar refractivity (Wildman–Crippen MR) is 132 cm³/mol. The first-order valence-corrected chi connectivity index (χ1v) is 11.6. The van der Waals surface area contributed by atoms with Gasteiger partial charge in [0.05, 0.1) is 31.1 Å². The summed E-state index contributed by atoms with van der Waals surface area (Å²) in [6.07, 6.45) is 9.70. The minimum Gasteiger partial charge on any atom is -0.360 e. The second-order valence-electron chi connectivity index (χ2n) is 7.33. The fourth-order valence-corrected chi connectivity index (χ4v) is 2.99. The van der Waals surface area contributed by atoms with Crippen molar-refractivity contribution in [1.82, 2.24) is 29.0 Å². The second-order valence-corrected chi connectivity index (χ2v) is 7.33. The lowest BCUT2D eigenvalue weighted by Crippen LogP contribution is -2.19. The standard InChI is InChI=1S/C11H18N4.C9H11N3.2C2H6/c1-9(2)4-5-15-8-12-10-6-14(3)7-13-11(10)15;1-2-6-12-7-11-9-8(12)4-3-5-10-9;2*1-2/h7-9H,4-6H2,1-3H3;3-5,7H,2,6H2,1H3;2*1-2H3. The lowest BCUT2D eigenvalue weighted by molar-refractivity contribution is 0.494. The van der Waals surface area contributed by atoms with Gasteiger partial charge in [-0.15, -0.1) is 0 Å². The molecule has 7 heteroatoms. The van der Waals surface area contributed by atoms with Crippen LogP contribution < -0.4 is 0 Å². The molecule has 3 aromatic heterocycles. The zero-order valence-corrected chi connectivity index (χ0v) is 20.7. The van der Waals surface area contributed by atoms with E-state index in [9.17, 15) is 0 Å². The predicted octanol–water partition coefficient (Wildman–Crippen LogP) is 5.93. The maximum Gasteiger partial charge on any atom is 0.177 e. The molecule has 0 aromatic carbocycles. The van der Waals surface area contributed by atoms with Crippen LogP contribution in [0.5, 0.6) is 0 Å². The van der Waals surface area contributed by atoms with Crippen LogP contribution in [0.25, 0.3) is 11.2 Å². The van der Waals surface area contributed by atoms with Gasteiger partial charge in [0.1, 0.15) is 5.69 Å². The van der Waals surface area contributed by atoms with E-state index in [1.54, 1.807) is 6.20 Å². The summed E-state index contributed by atoms with van der Waals surface area (Å²) >= 11 is 0. The van der Waals surface area contributed by atoms with Gasteiger partial charge in [-0.25, -0.2) is 19.9 Å². The number of aliphatic imine (C=N–C) groups is 1. The van der Waals surface area contributed by atoms with E-state index < -0.39 is 0 Å². The molecule has 0 unspecified atom stereocenters. The molecule has 4 heterocycles. The number of hydrogen-bond acceptors (Lipinski definition) is 5. The Labute approximate surface area is 188 Å². The summed E-state index contributed by atoms with van der Waals surface area (Å²) in [4.78, 5) is 19.2. The summed E-state index contributed by atoms with van der Waals surface area (Å²) in [5, 5.41) is 0. The number of imidazole rings is 2. The summed E-state index contributed by atoms with van der Waals surface area (Å²) in [7, 11) is 2.01. The third-order valence-electron chi connectivity index (χ3n) is 4.47. The number of rotatable bonds is 5. The monoisotopic (exact) mass is 427 g/mol. The number of fused-ring (bicyclic) bond motifs is 2. The average molecular weight is 428 g/mol. The van der Waals surface area contributed by atoms with E-state index in [4.69, 9.17) is 0 Å². The summed E-state index contributed by atoms with van der Waals surface area (Å²) in [5.74, 6) is 1.76. The third kappa shape index (κ3) is 7.81. The SMILES string of the molecule is CC.CC.CC(C)CCn1cnc2c1N=CN(C)C2.CCCn1cnc2ncccc21. The molecule has 0 bridgehead atoms. The van der Waals surface area contributed by atoms with E-state index in [1.807, 2.05) is 70.8 Å². The van der Waals surface area contributed by atoms with Crippen LogP contribution in [0.2, 0.25) is 0 Å². The maximum atomic E-state index is 4.41. The van der Waals surface area contributed by atoms with E-state index in [1.165, 1.54) is 6.42 Å². The largest absolute Gasteiger partial charge is 0.360 e. The molecule has 1 aliphatic heterocycles. The first-order chi connectivity index (χ1) is 15.1. The highest BCUT2D eigenvalue weighted by atomic mass is 15.2. The highest BCUT2D eigenvalue weighted by Gasteiger charge is 2.14. The zero-order valence-electron chi connectivity index (χ0n) is 20.7. The summed E-state index contributed by atoms with van der Waals surface area (Å²) in [6.45, 7) is 17.5. The maximum absolute atomic E-state index is 4.41. The van der Waals surface area contributed by atoms with Gasteiger partial charge in [-0.3, -0.25) is 0 Å². The number of pyridine rings is 1. The smallest absolute Gasteiger partial charge is 0.177 e. The van der Waals surface area contributed by atoms with Crippen LogP contribution in [0.4, 0.5) is 5.82 Å². The molecule has 4 rings (SSSR count). The molecule has 0 amide bonds. The van der Waals surface area contributed by atoms with Crippen LogP contribution in [-0.4, -0.2) is 42.4 Å². The van der Waals surface area contributed by atoms with Crippen molar-refractivity contribution < 1.29 is 0 Å². The molecule has 0 fully saturated rings. The van der Waals surface area contributed by atoms with Crippen molar-refractivity contribution in [3.8, 4) is 0 Å². The number of aromatic nitrogens is 5. The fourth-order valence-electron chi connectivity index (χ4n) is 2.99. The summed E-state index contributed by atoms with van der Waals surface area (Å²) in [5.41, 5.74) is 3.05. The first-order valence-electron chi connectivity index (χ1n) is 11.6. The van der Waals surface area contributed by atoms with Crippen molar-refractivity contribution in [3.05, 3.63) is 36.7 Å². The number of nitrogens with zero attached hydrogens (tertiary/aromatic N) is 7. The van der Waals surface area contributed by atoms with Gasteiger partial charge in [0.15, 0.2) is 11.5 Å². The lowest BCUT2D eigenvalue weighted by Gasteiger charge is -2.17. The minimum atomic E-state index is 0.721. The Bertz CT molecular complexity index is 892. The Morgan fingerprint density at radius 1 is 0.968 bits per heavy atom. The quantitative estimate of drug-likeness (QED) is 0.506. The van der Waals surface area contributed by atoms with Crippen molar-refractivity contribution in [2.45, 2.75) is 80.9 Å². The van der Waals surface area contributed by atoms with E-state index in [0.717, 1.165) is 54.6 Å². The first kappa shape index (κ1) is 26.3. The highest BCUT2D eigenvalue weighted by Crippen LogP contribution is 2.23. The Hall–Kier alpha value is -2.70. The fraction of sp³-hybridized carbons (Fsp3) is 0.583. The second kappa shape index (κ2) is 14.3. The van der Waals surface area contributed by atoms with E-state index in [0.29, 0.717) is 0 Å². The van der Waals surface area contributed by atoms with Crippen LogP contribution in [-0.2, 0) is 19.6 Å². The van der Waals surface area contributed by atoms with Crippen LogP contribution in [0.1, 0.15) is 67.0 Å². The molecule has 0 spiro atoms. The highest BCUT2D eigenvalue weighted by molar-refractivity contribution is 5.70. The van der Waals surface area contributed by atoms with Gasteiger partial charge in [0, 0.05) is 26.3 Å². The molecule has 0 atom stereocenters. The zero-order chi connectivity index (χ0) is 23.2. The molecule has 0 radical (unpaired) electrons. The van der Waals surface area contributed by atoms with Crippen molar-refractivity contribution in [1.29, 1.82) is 0 Å². The number of aryl methyl sites for hydroxylation is 2. The van der Waals surface area contributed by atoms with Gasteiger partial charge in [0.2, 0.25) is 0 Å². The van der Waals surface area contributed by atoms with E-state index >= 15 is 0 Å². The van der Waals surface area contributed by atoms with Gasteiger partial charge in [-0.05, 0) is 30.9 Å². The Morgan fingerprint density at radius 2 is 1.68 bits per heavy atom. The van der Waals surface area contributed by atoms with Gasteiger partial charge < -0.3 is 14.0 Å². The topological polar surface area (TPSA) is 64.1 Å². The van der Waals surface area contributed by atoms with Crippen molar-refractivity contribution in [2.75, 3.05) is 7.05 Å². The Kier molecular flexibility index (Phi) is 12.2. The molecule has 7 nitrogen and oxygen atoms in total. The normalized spacial score (nSPS) is 11.7. The third-order valence-corrected chi connectivity index (χ3v) is 4.47. The van der Waals surface area contributed by atoms with Crippen LogP contribution in [0, 0.1) is 5.92 Å². The summed E-state index contributed by atoms with van der Waals surface area (Å²) in [6, 6.07) is 3.99. The van der Waals surface area contributed by atoms with Gasteiger partial charge >= 0.3 is 0 Å². The molecular formula is C24H41N7. The van der Waals surface area contributed by atoms with Crippen molar-refractivity contribution in [3.63, 3.8) is 0 Å². The molecule has 0 saturated heterocycles. The van der Waals surface area contributed by atoms with Crippen molar-refractivity contribution >= 4 is 23.3 Å². The molecule has 0 aliphatic carbocycles.